The second-order valence-corrected chi connectivity index (χ2v) is 4.48. The van der Waals surface area contributed by atoms with Crippen molar-refractivity contribution in [1.29, 1.82) is 0 Å². The van der Waals surface area contributed by atoms with Crippen LogP contribution in [0.5, 0.6) is 0 Å². The maximum atomic E-state index is 5.66. The average Bonchev–Trinajstić information content (AvgIpc) is 2.44. The highest BCUT2D eigenvalue weighted by molar-refractivity contribution is 5.74. The van der Waals surface area contributed by atoms with Crippen molar-refractivity contribution in [2.75, 3.05) is 24.5 Å². The van der Waals surface area contributed by atoms with Crippen LogP contribution in [0.2, 0.25) is 0 Å². The first-order valence-corrected chi connectivity index (χ1v) is 6.29. The summed E-state index contributed by atoms with van der Waals surface area (Å²) in [6.07, 6.45) is 0. The number of fused-ring (bicyclic) bond motifs is 1. The zero-order valence-corrected chi connectivity index (χ0v) is 10.9. The third-order valence-electron chi connectivity index (χ3n) is 2.95. The largest absolute Gasteiger partial charge is 0.339 e. The molecule has 2 aromatic rings. The smallest absolute Gasteiger partial charge is 0.245 e. The molecule has 0 saturated carbocycles. The number of rotatable bonds is 5. The molecular weight excluding hydrogens is 226 g/mol. The first-order valence-electron chi connectivity index (χ1n) is 6.29. The second kappa shape index (κ2) is 5.73. The molecular formula is C13H19N5. The molecule has 0 saturated heterocycles. The minimum atomic E-state index is 0.417. The van der Waals surface area contributed by atoms with E-state index in [4.69, 9.17) is 5.73 Å². The van der Waals surface area contributed by atoms with Gasteiger partial charge in [0.05, 0.1) is 5.52 Å². The molecule has 0 spiro atoms. The van der Waals surface area contributed by atoms with Crippen LogP contribution in [-0.2, 0) is 0 Å². The minimum Gasteiger partial charge on any atom is -0.339 e. The van der Waals surface area contributed by atoms with E-state index < -0.39 is 0 Å². The standard InChI is InChI=1S/C13H19N5/c1-3-18(9-10(2)8-14)13-15-11-6-4-5-7-12(11)16-17-13/h4-7,10H,3,8-9,14H2,1-2H3. The third kappa shape index (κ3) is 2.73. The Bertz CT molecular complexity index is 513. The van der Waals surface area contributed by atoms with Gasteiger partial charge in [-0.05, 0) is 31.5 Å². The van der Waals surface area contributed by atoms with Gasteiger partial charge in [0.15, 0.2) is 0 Å². The van der Waals surface area contributed by atoms with Gasteiger partial charge in [-0.3, -0.25) is 0 Å². The van der Waals surface area contributed by atoms with Crippen LogP contribution < -0.4 is 10.6 Å². The van der Waals surface area contributed by atoms with Crippen LogP contribution in [0.4, 0.5) is 5.95 Å². The molecule has 1 atom stereocenters. The van der Waals surface area contributed by atoms with Crippen LogP contribution in [0, 0.1) is 5.92 Å². The molecule has 0 fully saturated rings. The summed E-state index contributed by atoms with van der Waals surface area (Å²) < 4.78 is 0. The number of hydrogen-bond donors (Lipinski definition) is 1. The van der Waals surface area contributed by atoms with Crippen molar-refractivity contribution in [1.82, 2.24) is 15.2 Å². The molecule has 0 radical (unpaired) electrons. The van der Waals surface area contributed by atoms with Crippen molar-refractivity contribution in [2.24, 2.45) is 11.7 Å². The minimum absolute atomic E-state index is 0.417. The van der Waals surface area contributed by atoms with E-state index in [9.17, 15) is 0 Å². The average molecular weight is 245 g/mol. The fraction of sp³-hybridized carbons (Fsp3) is 0.462. The molecule has 0 bridgehead atoms. The van der Waals surface area contributed by atoms with Crippen LogP contribution in [0.1, 0.15) is 13.8 Å². The fourth-order valence-electron chi connectivity index (χ4n) is 1.81. The number of hydrogen-bond acceptors (Lipinski definition) is 5. The predicted molar refractivity (Wildman–Crippen MR) is 73.4 cm³/mol. The van der Waals surface area contributed by atoms with E-state index in [1.165, 1.54) is 0 Å². The first-order chi connectivity index (χ1) is 8.74. The third-order valence-corrected chi connectivity index (χ3v) is 2.95. The van der Waals surface area contributed by atoms with Crippen LogP contribution in [0.3, 0.4) is 0 Å². The Morgan fingerprint density at radius 2 is 1.94 bits per heavy atom. The van der Waals surface area contributed by atoms with Crippen LogP contribution >= 0.6 is 0 Å². The number of nitrogens with two attached hydrogens (primary N) is 1. The van der Waals surface area contributed by atoms with Crippen molar-refractivity contribution < 1.29 is 0 Å². The molecule has 0 amide bonds. The van der Waals surface area contributed by atoms with Gasteiger partial charge in [-0.15, -0.1) is 10.2 Å². The van der Waals surface area contributed by atoms with Gasteiger partial charge in [0.1, 0.15) is 5.52 Å². The maximum absolute atomic E-state index is 5.66. The quantitative estimate of drug-likeness (QED) is 0.863. The summed E-state index contributed by atoms with van der Waals surface area (Å²) in [7, 11) is 0. The summed E-state index contributed by atoms with van der Waals surface area (Å²) in [4.78, 5) is 6.65. The Labute approximate surface area is 107 Å². The van der Waals surface area contributed by atoms with Gasteiger partial charge in [-0.25, -0.2) is 4.98 Å². The second-order valence-electron chi connectivity index (χ2n) is 4.48. The summed E-state index contributed by atoms with van der Waals surface area (Å²) in [5, 5.41) is 8.39. The number of anilines is 1. The molecule has 0 aliphatic heterocycles. The Morgan fingerprint density at radius 1 is 1.22 bits per heavy atom. The molecule has 96 valence electrons. The first kappa shape index (κ1) is 12.7. The highest BCUT2D eigenvalue weighted by Crippen LogP contribution is 2.13. The van der Waals surface area contributed by atoms with Crippen molar-refractivity contribution in [3.05, 3.63) is 24.3 Å². The normalized spacial score (nSPS) is 12.6. The lowest BCUT2D eigenvalue weighted by Crippen LogP contribution is -2.32. The highest BCUT2D eigenvalue weighted by Gasteiger charge is 2.12. The fourth-order valence-corrected chi connectivity index (χ4v) is 1.81. The van der Waals surface area contributed by atoms with E-state index in [1.54, 1.807) is 0 Å². The molecule has 18 heavy (non-hydrogen) atoms. The molecule has 1 unspecified atom stereocenters. The van der Waals surface area contributed by atoms with Gasteiger partial charge in [0.25, 0.3) is 0 Å². The lowest BCUT2D eigenvalue weighted by atomic mass is 10.2. The molecule has 1 aromatic heterocycles. The van der Waals surface area contributed by atoms with Crippen LogP contribution in [-0.4, -0.2) is 34.8 Å². The van der Waals surface area contributed by atoms with E-state index in [0.717, 1.165) is 24.1 Å². The van der Waals surface area contributed by atoms with Gasteiger partial charge in [0.2, 0.25) is 5.95 Å². The van der Waals surface area contributed by atoms with Crippen LogP contribution in [0.15, 0.2) is 24.3 Å². The van der Waals surface area contributed by atoms with Crippen molar-refractivity contribution in [3.8, 4) is 0 Å². The van der Waals surface area contributed by atoms with E-state index in [-0.39, 0.29) is 0 Å². The topological polar surface area (TPSA) is 67.9 Å². The SMILES string of the molecule is CCN(CC(C)CN)c1nnc2ccccc2n1. The summed E-state index contributed by atoms with van der Waals surface area (Å²) in [5.74, 6) is 1.09. The Hall–Kier alpha value is -1.75. The highest BCUT2D eigenvalue weighted by atomic mass is 15.3. The molecule has 2 N–H and O–H groups in total. The van der Waals surface area contributed by atoms with Gasteiger partial charge >= 0.3 is 0 Å². The molecule has 5 nitrogen and oxygen atoms in total. The number of aromatic nitrogens is 3. The predicted octanol–water partition coefficient (Wildman–Crippen LogP) is 1.45. The molecule has 1 heterocycles. The molecule has 1 aromatic carbocycles. The van der Waals surface area contributed by atoms with E-state index >= 15 is 0 Å². The van der Waals surface area contributed by atoms with Crippen molar-refractivity contribution >= 4 is 17.0 Å². The number of benzene rings is 1. The van der Waals surface area contributed by atoms with Gasteiger partial charge in [-0.1, -0.05) is 19.1 Å². The molecule has 0 aliphatic carbocycles. The zero-order chi connectivity index (χ0) is 13.0. The maximum Gasteiger partial charge on any atom is 0.245 e. The lowest BCUT2D eigenvalue weighted by molar-refractivity contribution is 0.568. The molecule has 0 aliphatic rings. The van der Waals surface area contributed by atoms with Crippen LogP contribution in [0.25, 0.3) is 11.0 Å². The summed E-state index contributed by atoms with van der Waals surface area (Å²) in [6.45, 7) is 6.58. The number of nitrogens with zero attached hydrogens (tertiary/aromatic N) is 4. The Kier molecular flexibility index (Phi) is 4.04. The van der Waals surface area contributed by atoms with Gasteiger partial charge in [0, 0.05) is 13.1 Å². The zero-order valence-electron chi connectivity index (χ0n) is 10.9. The summed E-state index contributed by atoms with van der Waals surface area (Å²) >= 11 is 0. The van der Waals surface area contributed by atoms with Crippen molar-refractivity contribution in [3.63, 3.8) is 0 Å². The summed E-state index contributed by atoms with van der Waals surface area (Å²) in [5.41, 5.74) is 7.36. The van der Waals surface area contributed by atoms with E-state index in [2.05, 4.69) is 33.9 Å². The molecule has 5 heteroatoms. The van der Waals surface area contributed by atoms with Crippen molar-refractivity contribution in [2.45, 2.75) is 13.8 Å². The monoisotopic (exact) mass is 245 g/mol. The van der Waals surface area contributed by atoms with E-state index in [0.29, 0.717) is 18.4 Å². The summed E-state index contributed by atoms with van der Waals surface area (Å²) in [6, 6.07) is 7.76. The Balaban J connectivity index is 2.27. The lowest BCUT2D eigenvalue weighted by Gasteiger charge is -2.23. The Morgan fingerprint density at radius 3 is 2.61 bits per heavy atom. The van der Waals surface area contributed by atoms with Gasteiger partial charge < -0.3 is 10.6 Å². The van der Waals surface area contributed by atoms with E-state index in [1.807, 2.05) is 24.3 Å². The van der Waals surface area contributed by atoms with Gasteiger partial charge in [-0.2, -0.15) is 0 Å². The number of para-hydroxylation sites is 1. The molecule has 2 rings (SSSR count).